The molecular formula is C18H18N4O2S. The van der Waals surface area contributed by atoms with Crippen molar-refractivity contribution in [3.8, 4) is 11.3 Å². The van der Waals surface area contributed by atoms with Crippen molar-refractivity contribution >= 4 is 33.6 Å². The van der Waals surface area contributed by atoms with E-state index in [1.165, 1.54) is 11.3 Å². The summed E-state index contributed by atoms with van der Waals surface area (Å²) < 4.78 is 5.19. The molecule has 0 radical (unpaired) electrons. The number of benzene rings is 1. The van der Waals surface area contributed by atoms with Crippen molar-refractivity contribution in [2.45, 2.75) is 13.8 Å². The highest BCUT2D eigenvalue weighted by molar-refractivity contribution is 7.20. The van der Waals surface area contributed by atoms with Crippen LogP contribution in [0.3, 0.4) is 0 Å². The van der Waals surface area contributed by atoms with E-state index in [0.717, 1.165) is 11.3 Å². The molecule has 128 valence electrons. The number of carbonyl (C=O) groups is 1. The number of furan rings is 1. The summed E-state index contributed by atoms with van der Waals surface area (Å²) in [6.45, 7) is 3.71. The van der Waals surface area contributed by atoms with Gasteiger partial charge in [-0.2, -0.15) is 5.10 Å². The van der Waals surface area contributed by atoms with Crippen LogP contribution >= 0.6 is 11.3 Å². The number of nitrogens with zero attached hydrogens (tertiary/aromatic N) is 2. The van der Waals surface area contributed by atoms with Crippen LogP contribution in [0.1, 0.15) is 19.6 Å². The first-order valence-electron chi connectivity index (χ1n) is 7.83. The highest BCUT2D eigenvalue weighted by Gasteiger charge is 2.16. The first kappa shape index (κ1) is 16.9. The normalized spacial score (nSPS) is 11.2. The quantitative estimate of drug-likeness (QED) is 0.506. The lowest BCUT2D eigenvalue weighted by Gasteiger charge is -2.07. The molecule has 0 atom stereocenters. The average molecular weight is 354 g/mol. The Hall–Kier alpha value is -2.93. The highest BCUT2D eigenvalue weighted by atomic mass is 32.1. The molecule has 0 saturated heterocycles. The van der Waals surface area contributed by atoms with Gasteiger partial charge < -0.3 is 9.73 Å². The van der Waals surface area contributed by atoms with Crippen LogP contribution in [0.5, 0.6) is 0 Å². The first-order valence-corrected chi connectivity index (χ1v) is 8.65. The molecule has 0 aliphatic carbocycles. The minimum Gasteiger partial charge on any atom is -0.463 e. The Morgan fingerprint density at radius 2 is 2.04 bits per heavy atom. The van der Waals surface area contributed by atoms with E-state index in [2.05, 4.69) is 20.8 Å². The van der Waals surface area contributed by atoms with Gasteiger partial charge in [0.1, 0.15) is 16.5 Å². The summed E-state index contributed by atoms with van der Waals surface area (Å²) in [4.78, 5) is 16.6. The Kier molecular flexibility index (Phi) is 5.25. The third kappa shape index (κ3) is 4.33. The van der Waals surface area contributed by atoms with Gasteiger partial charge in [0.15, 0.2) is 0 Å². The highest BCUT2D eigenvalue weighted by Crippen LogP contribution is 2.36. The summed E-state index contributed by atoms with van der Waals surface area (Å²) in [6.07, 6.45) is 3.15. The molecule has 0 spiro atoms. The predicted octanol–water partition coefficient (Wildman–Crippen LogP) is 4.44. The van der Waals surface area contributed by atoms with Gasteiger partial charge in [-0.25, -0.2) is 4.98 Å². The smallest absolute Gasteiger partial charge is 0.227 e. The monoisotopic (exact) mass is 354 g/mol. The summed E-state index contributed by atoms with van der Waals surface area (Å²) in [5.74, 6) is 0.478. The Bertz CT molecular complexity index is 855. The second kappa shape index (κ2) is 7.76. The van der Waals surface area contributed by atoms with Gasteiger partial charge in [-0.1, -0.05) is 55.5 Å². The van der Waals surface area contributed by atoms with Crippen LogP contribution in [0.25, 0.3) is 11.3 Å². The summed E-state index contributed by atoms with van der Waals surface area (Å²) in [7, 11) is 0. The number of hydrogen-bond donors (Lipinski definition) is 2. The van der Waals surface area contributed by atoms with Crippen LogP contribution in [0, 0.1) is 5.92 Å². The maximum atomic E-state index is 12.1. The zero-order valence-corrected chi connectivity index (χ0v) is 14.7. The SMILES string of the molecule is CC(C)C(=O)Nc1sc(N/N=C/c2ccco2)nc1-c1ccccc1. The van der Waals surface area contributed by atoms with E-state index in [9.17, 15) is 4.79 Å². The molecule has 1 amide bonds. The van der Waals surface area contributed by atoms with Crippen LogP contribution < -0.4 is 10.7 Å². The minimum absolute atomic E-state index is 0.0496. The van der Waals surface area contributed by atoms with Crippen molar-refractivity contribution in [3.63, 3.8) is 0 Å². The predicted molar refractivity (Wildman–Crippen MR) is 101 cm³/mol. The maximum Gasteiger partial charge on any atom is 0.227 e. The fourth-order valence-electron chi connectivity index (χ4n) is 2.02. The number of hydrazone groups is 1. The minimum atomic E-state index is -0.112. The van der Waals surface area contributed by atoms with Crippen molar-refractivity contribution < 1.29 is 9.21 Å². The zero-order chi connectivity index (χ0) is 17.6. The Morgan fingerprint density at radius 3 is 2.72 bits per heavy atom. The van der Waals surface area contributed by atoms with E-state index in [-0.39, 0.29) is 11.8 Å². The third-order valence-corrected chi connectivity index (χ3v) is 4.21. The molecule has 0 fully saturated rings. The number of thiazole rings is 1. The Balaban J connectivity index is 1.84. The fourth-order valence-corrected chi connectivity index (χ4v) is 2.86. The number of rotatable bonds is 6. The molecule has 0 unspecified atom stereocenters. The molecule has 0 saturated carbocycles. The van der Waals surface area contributed by atoms with Crippen molar-refractivity contribution in [2.24, 2.45) is 11.0 Å². The molecule has 3 aromatic rings. The molecule has 7 heteroatoms. The topological polar surface area (TPSA) is 79.5 Å². The number of anilines is 2. The molecule has 2 aromatic heterocycles. The lowest BCUT2D eigenvalue weighted by molar-refractivity contribution is -0.118. The molecule has 0 bridgehead atoms. The van der Waals surface area contributed by atoms with Crippen LogP contribution in [-0.2, 0) is 4.79 Å². The van der Waals surface area contributed by atoms with Gasteiger partial charge in [0.25, 0.3) is 0 Å². The van der Waals surface area contributed by atoms with Crippen LogP contribution in [-0.4, -0.2) is 17.1 Å². The molecule has 6 nitrogen and oxygen atoms in total. The van der Waals surface area contributed by atoms with E-state index >= 15 is 0 Å². The van der Waals surface area contributed by atoms with Gasteiger partial charge in [0.05, 0.1) is 12.5 Å². The van der Waals surface area contributed by atoms with E-state index < -0.39 is 0 Å². The standard InChI is InChI=1S/C18H18N4O2S/c1-12(2)16(23)21-17-15(13-7-4-3-5-8-13)20-18(25-17)22-19-11-14-9-6-10-24-14/h3-12H,1-2H3,(H,20,22)(H,21,23)/b19-11+. The Morgan fingerprint density at radius 1 is 1.24 bits per heavy atom. The molecule has 2 heterocycles. The summed E-state index contributed by atoms with van der Waals surface area (Å²) in [5, 5.41) is 8.33. The molecule has 2 N–H and O–H groups in total. The van der Waals surface area contributed by atoms with E-state index in [1.807, 2.05) is 44.2 Å². The third-order valence-electron chi connectivity index (χ3n) is 3.33. The number of amides is 1. The van der Waals surface area contributed by atoms with Gasteiger partial charge in [0, 0.05) is 11.5 Å². The molecule has 1 aromatic carbocycles. The van der Waals surface area contributed by atoms with E-state index in [0.29, 0.717) is 15.9 Å². The van der Waals surface area contributed by atoms with Crippen molar-refractivity contribution in [3.05, 3.63) is 54.5 Å². The lowest BCUT2D eigenvalue weighted by atomic mass is 10.1. The molecule has 0 aliphatic heterocycles. The van der Waals surface area contributed by atoms with E-state index in [4.69, 9.17) is 4.42 Å². The van der Waals surface area contributed by atoms with Gasteiger partial charge in [-0.05, 0) is 12.1 Å². The number of nitrogens with one attached hydrogen (secondary N) is 2. The number of hydrogen-bond acceptors (Lipinski definition) is 6. The molecular weight excluding hydrogens is 336 g/mol. The second-order valence-corrected chi connectivity index (χ2v) is 6.59. The van der Waals surface area contributed by atoms with Crippen molar-refractivity contribution in [1.29, 1.82) is 0 Å². The number of aromatic nitrogens is 1. The first-order chi connectivity index (χ1) is 12.1. The second-order valence-electron chi connectivity index (χ2n) is 5.59. The van der Waals surface area contributed by atoms with Crippen LogP contribution in [0.15, 0.2) is 58.2 Å². The van der Waals surface area contributed by atoms with Crippen LogP contribution in [0.2, 0.25) is 0 Å². The number of carbonyl (C=O) groups excluding carboxylic acids is 1. The van der Waals surface area contributed by atoms with Gasteiger partial charge in [-0.3, -0.25) is 10.2 Å². The van der Waals surface area contributed by atoms with Crippen molar-refractivity contribution in [1.82, 2.24) is 4.98 Å². The zero-order valence-electron chi connectivity index (χ0n) is 13.9. The maximum absolute atomic E-state index is 12.1. The van der Waals surface area contributed by atoms with Crippen molar-refractivity contribution in [2.75, 3.05) is 10.7 Å². The molecule has 0 aliphatic rings. The van der Waals surface area contributed by atoms with Crippen LogP contribution in [0.4, 0.5) is 10.1 Å². The summed E-state index contributed by atoms with van der Waals surface area (Å²) in [6, 6.07) is 13.3. The molecule has 3 rings (SSSR count). The van der Waals surface area contributed by atoms with Gasteiger partial charge >= 0.3 is 0 Å². The largest absolute Gasteiger partial charge is 0.463 e. The Labute approximate surface area is 149 Å². The summed E-state index contributed by atoms with van der Waals surface area (Å²) in [5.41, 5.74) is 4.53. The van der Waals surface area contributed by atoms with E-state index in [1.54, 1.807) is 24.6 Å². The molecule has 25 heavy (non-hydrogen) atoms. The summed E-state index contributed by atoms with van der Waals surface area (Å²) >= 11 is 1.34. The van der Waals surface area contributed by atoms with Gasteiger partial charge in [-0.15, -0.1) is 0 Å². The lowest BCUT2D eigenvalue weighted by Crippen LogP contribution is -2.17. The fraction of sp³-hybridized carbons (Fsp3) is 0.167. The average Bonchev–Trinajstić information content (AvgIpc) is 3.26. The van der Waals surface area contributed by atoms with Gasteiger partial charge in [0.2, 0.25) is 11.0 Å².